The van der Waals surface area contributed by atoms with Crippen LogP contribution >= 0.6 is 0 Å². The fourth-order valence-electron chi connectivity index (χ4n) is 3.00. The van der Waals surface area contributed by atoms with Gasteiger partial charge in [-0.05, 0) is 43.2 Å². The minimum atomic E-state index is 0.340. The number of rotatable bonds is 2. The van der Waals surface area contributed by atoms with Crippen LogP contribution in [-0.4, -0.2) is 22.6 Å². The van der Waals surface area contributed by atoms with Crippen molar-refractivity contribution in [2.24, 2.45) is 17.9 Å². The normalized spacial score (nSPS) is 20.5. The van der Waals surface area contributed by atoms with Gasteiger partial charge in [0.2, 0.25) is 0 Å². The number of aryl methyl sites for hydroxylation is 1. The lowest BCUT2D eigenvalue weighted by Gasteiger charge is -2.47. The van der Waals surface area contributed by atoms with E-state index in [2.05, 4.69) is 37.3 Å². The third-order valence-electron chi connectivity index (χ3n) is 4.43. The van der Waals surface area contributed by atoms with E-state index in [1.165, 1.54) is 18.5 Å². The summed E-state index contributed by atoms with van der Waals surface area (Å²) in [6, 6.07) is 0. The number of imidazole rings is 1. The smallest absolute Gasteiger partial charge is 0.0946 e. The summed E-state index contributed by atoms with van der Waals surface area (Å²) in [5.41, 5.74) is 1.98. The second kappa shape index (κ2) is 4.45. The van der Waals surface area contributed by atoms with Gasteiger partial charge in [-0.15, -0.1) is 0 Å². The molecule has 1 aliphatic heterocycles. The molecule has 1 saturated heterocycles. The third kappa shape index (κ3) is 2.54. The van der Waals surface area contributed by atoms with Crippen LogP contribution in [0.3, 0.4) is 0 Å². The first-order valence-electron chi connectivity index (χ1n) is 6.61. The lowest BCUT2D eigenvalue weighted by atomic mass is 9.59. The molecule has 0 atom stereocenters. The maximum absolute atomic E-state index is 4.51. The molecule has 2 heterocycles. The molecule has 1 aromatic heterocycles. The number of nitrogens with one attached hydrogen (secondary N) is 1. The SMILES string of the molecule is Cn1cnc(CC2(C(C)(C)C)CCNCC2)c1. The first-order chi connectivity index (χ1) is 7.93. The summed E-state index contributed by atoms with van der Waals surface area (Å²) in [4.78, 5) is 4.51. The summed E-state index contributed by atoms with van der Waals surface area (Å²) >= 11 is 0. The maximum atomic E-state index is 4.51. The summed E-state index contributed by atoms with van der Waals surface area (Å²) in [7, 11) is 2.04. The average Bonchev–Trinajstić information content (AvgIpc) is 2.64. The summed E-state index contributed by atoms with van der Waals surface area (Å²) in [5.74, 6) is 0. The molecule has 0 radical (unpaired) electrons. The van der Waals surface area contributed by atoms with Crippen molar-refractivity contribution in [2.45, 2.75) is 40.0 Å². The Morgan fingerprint density at radius 1 is 1.35 bits per heavy atom. The van der Waals surface area contributed by atoms with E-state index in [-0.39, 0.29) is 0 Å². The molecule has 3 heteroatoms. The fourth-order valence-corrected chi connectivity index (χ4v) is 3.00. The van der Waals surface area contributed by atoms with Crippen molar-refractivity contribution in [3.8, 4) is 0 Å². The fraction of sp³-hybridized carbons (Fsp3) is 0.786. The molecule has 3 nitrogen and oxygen atoms in total. The molecule has 1 N–H and O–H groups in total. The first-order valence-corrected chi connectivity index (χ1v) is 6.61. The molecule has 0 saturated carbocycles. The van der Waals surface area contributed by atoms with Crippen LogP contribution in [0.15, 0.2) is 12.5 Å². The van der Waals surface area contributed by atoms with E-state index in [1.807, 2.05) is 17.9 Å². The highest BCUT2D eigenvalue weighted by Gasteiger charge is 2.42. The lowest BCUT2D eigenvalue weighted by molar-refractivity contribution is 0.0459. The average molecular weight is 235 g/mol. The van der Waals surface area contributed by atoms with Gasteiger partial charge in [-0.25, -0.2) is 4.98 Å². The van der Waals surface area contributed by atoms with E-state index in [1.54, 1.807) is 0 Å². The second-order valence-corrected chi connectivity index (χ2v) is 6.49. The predicted molar refractivity (Wildman–Crippen MR) is 70.9 cm³/mol. The molecule has 1 aliphatic rings. The Kier molecular flexibility index (Phi) is 3.30. The van der Waals surface area contributed by atoms with Gasteiger partial charge >= 0.3 is 0 Å². The number of hydrogen-bond donors (Lipinski definition) is 1. The zero-order chi connectivity index (χ0) is 12.5. The minimum Gasteiger partial charge on any atom is -0.340 e. The Morgan fingerprint density at radius 2 is 2.00 bits per heavy atom. The van der Waals surface area contributed by atoms with E-state index in [4.69, 9.17) is 0 Å². The molecule has 0 amide bonds. The summed E-state index contributed by atoms with van der Waals surface area (Å²) in [6.45, 7) is 9.41. The van der Waals surface area contributed by atoms with Crippen LogP contribution in [0.4, 0.5) is 0 Å². The van der Waals surface area contributed by atoms with Gasteiger partial charge in [0.1, 0.15) is 0 Å². The number of nitrogens with zero attached hydrogens (tertiary/aromatic N) is 2. The third-order valence-corrected chi connectivity index (χ3v) is 4.43. The monoisotopic (exact) mass is 235 g/mol. The van der Waals surface area contributed by atoms with E-state index >= 15 is 0 Å². The second-order valence-electron chi connectivity index (χ2n) is 6.49. The Balaban J connectivity index is 2.21. The molecular weight excluding hydrogens is 210 g/mol. The zero-order valence-electron chi connectivity index (χ0n) is 11.6. The highest BCUT2D eigenvalue weighted by molar-refractivity contribution is 5.06. The van der Waals surface area contributed by atoms with E-state index in [0.29, 0.717) is 10.8 Å². The van der Waals surface area contributed by atoms with Gasteiger partial charge in [-0.3, -0.25) is 0 Å². The molecule has 0 aliphatic carbocycles. The predicted octanol–water partition coefficient (Wildman–Crippen LogP) is 2.38. The van der Waals surface area contributed by atoms with Crippen molar-refractivity contribution in [3.63, 3.8) is 0 Å². The van der Waals surface area contributed by atoms with Gasteiger partial charge in [0.25, 0.3) is 0 Å². The van der Waals surface area contributed by atoms with Gasteiger partial charge in [-0.1, -0.05) is 20.8 Å². The van der Waals surface area contributed by atoms with Crippen LogP contribution in [0.1, 0.15) is 39.3 Å². The maximum Gasteiger partial charge on any atom is 0.0946 e. The Morgan fingerprint density at radius 3 is 2.47 bits per heavy atom. The number of piperidine rings is 1. The summed E-state index contributed by atoms with van der Waals surface area (Å²) in [5, 5.41) is 3.48. The van der Waals surface area contributed by atoms with Crippen molar-refractivity contribution in [2.75, 3.05) is 13.1 Å². The van der Waals surface area contributed by atoms with Crippen molar-refractivity contribution in [1.29, 1.82) is 0 Å². The standard InChI is InChI=1S/C14H25N3/c1-13(2,3)14(5-7-15-8-6-14)9-12-10-17(4)11-16-12/h10-11,15H,5-9H2,1-4H3. The van der Waals surface area contributed by atoms with E-state index < -0.39 is 0 Å². The molecule has 0 unspecified atom stereocenters. The van der Waals surface area contributed by atoms with Gasteiger partial charge in [-0.2, -0.15) is 0 Å². The Hall–Kier alpha value is -0.830. The lowest BCUT2D eigenvalue weighted by Crippen LogP contribution is -2.46. The first kappa shape index (κ1) is 12.6. The quantitative estimate of drug-likeness (QED) is 0.853. The van der Waals surface area contributed by atoms with Crippen LogP contribution in [0.5, 0.6) is 0 Å². The van der Waals surface area contributed by atoms with Crippen molar-refractivity contribution in [1.82, 2.24) is 14.9 Å². The molecule has 96 valence electrons. The minimum absolute atomic E-state index is 0.340. The van der Waals surface area contributed by atoms with Crippen molar-refractivity contribution < 1.29 is 0 Å². The highest BCUT2D eigenvalue weighted by atomic mass is 15.0. The van der Waals surface area contributed by atoms with Crippen LogP contribution in [0.25, 0.3) is 0 Å². The molecule has 17 heavy (non-hydrogen) atoms. The van der Waals surface area contributed by atoms with E-state index in [0.717, 1.165) is 19.5 Å². The molecule has 0 bridgehead atoms. The zero-order valence-corrected chi connectivity index (χ0v) is 11.6. The van der Waals surface area contributed by atoms with Crippen LogP contribution < -0.4 is 5.32 Å². The topological polar surface area (TPSA) is 29.9 Å². The number of hydrogen-bond acceptors (Lipinski definition) is 2. The largest absolute Gasteiger partial charge is 0.340 e. The molecule has 0 aromatic carbocycles. The highest BCUT2D eigenvalue weighted by Crippen LogP contribution is 2.47. The van der Waals surface area contributed by atoms with E-state index in [9.17, 15) is 0 Å². The Bertz CT molecular complexity index is 367. The Labute approximate surface area is 105 Å². The van der Waals surface area contributed by atoms with Gasteiger partial charge in [0.05, 0.1) is 12.0 Å². The summed E-state index contributed by atoms with van der Waals surface area (Å²) in [6.07, 6.45) is 7.70. The summed E-state index contributed by atoms with van der Waals surface area (Å²) < 4.78 is 2.05. The van der Waals surface area contributed by atoms with Gasteiger partial charge in [0.15, 0.2) is 0 Å². The van der Waals surface area contributed by atoms with Crippen LogP contribution in [0, 0.1) is 10.8 Å². The molecule has 1 fully saturated rings. The molecular formula is C14H25N3. The van der Waals surface area contributed by atoms with Gasteiger partial charge < -0.3 is 9.88 Å². The van der Waals surface area contributed by atoms with Crippen molar-refractivity contribution in [3.05, 3.63) is 18.2 Å². The molecule has 0 spiro atoms. The molecule has 2 rings (SSSR count). The van der Waals surface area contributed by atoms with Crippen LogP contribution in [-0.2, 0) is 13.5 Å². The van der Waals surface area contributed by atoms with Crippen LogP contribution in [0.2, 0.25) is 0 Å². The van der Waals surface area contributed by atoms with Crippen molar-refractivity contribution >= 4 is 0 Å². The number of aromatic nitrogens is 2. The molecule has 1 aromatic rings. The van der Waals surface area contributed by atoms with Gasteiger partial charge in [0, 0.05) is 13.2 Å².